The Bertz CT molecular complexity index is 458. The Morgan fingerprint density at radius 1 is 1.33 bits per heavy atom. The van der Waals surface area contributed by atoms with Gasteiger partial charge in [0.25, 0.3) is 5.91 Å². The highest BCUT2D eigenvalue weighted by Crippen LogP contribution is 2.20. The lowest BCUT2D eigenvalue weighted by atomic mass is 10.2. The van der Waals surface area contributed by atoms with Crippen LogP contribution >= 0.6 is 0 Å². The maximum Gasteiger partial charge on any atom is 0.329 e. The molecule has 3 amide bonds. The van der Waals surface area contributed by atoms with E-state index in [9.17, 15) is 9.59 Å². The van der Waals surface area contributed by atoms with E-state index < -0.39 is 12.1 Å². The molecular formula is C12H15N3O3. The van der Waals surface area contributed by atoms with E-state index in [1.165, 1.54) is 7.11 Å². The minimum absolute atomic E-state index is 0.169. The minimum atomic E-state index is -0.614. The summed E-state index contributed by atoms with van der Waals surface area (Å²) in [6.45, 7) is 0.592. The van der Waals surface area contributed by atoms with Gasteiger partial charge in [-0.05, 0) is 17.7 Å². The largest absolute Gasteiger partial charge is 0.382 e. The third-order valence-corrected chi connectivity index (χ3v) is 2.78. The number of rotatable bonds is 4. The molecule has 0 bridgehead atoms. The average molecular weight is 249 g/mol. The van der Waals surface area contributed by atoms with Gasteiger partial charge in [0.1, 0.15) is 6.04 Å². The van der Waals surface area contributed by atoms with Crippen LogP contribution in [-0.4, -0.2) is 31.7 Å². The fourth-order valence-corrected chi connectivity index (χ4v) is 1.84. The van der Waals surface area contributed by atoms with Gasteiger partial charge in [-0.3, -0.25) is 4.79 Å². The number of methoxy groups -OCH3 is 1. The fraction of sp³-hybridized carbons (Fsp3) is 0.333. The van der Waals surface area contributed by atoms with Crippen molar-refractivity contribution in [2.45, 2.75) is 12.6 Å². The van der Waals surface area contributed by atoms with Crippen molar-refractivity contribution in [3.63, 3.8) is 0 Å². The molecule has 1 unspecified atom stereocenters. The van der Waals surface area contributed by atoms with Crippen molar-refractivity contribution in [3.05, 3.63) is 29.8 Å². The molecule has 0 radical (unpaired) electrons. The van der Waals surface area contributed by atoms with E-state index >= 15 is 0 Å². The first kappa shape index (κ1) is 12.5. The van der Waals surface area contributed by atoms with E-state index in [4.69, 9.17) is 10.5 Å². The van der Waals surface area contributed by atoms with Crippen LogP contribution in [0.15, 0.2) is 24.3 Å². The molecule has 2 rings (SSSR count). The maximum absolute atomic E-state index is 12.0. The van der Waals surface area contributed by atoms with Crippen LogP contribution in [0.4, 0.5) is 10.5 Å². The maximum atomic E-state index is 12.0. The number of nitrogens with zero attached hydrogens (tertiary/aromatic N) is 1. The second kappa shape index (κ2) is 5.16. The van der Waals surface area contributed by atoms with Crippen molar-refractivity contribution < 1.29 is 14.3 Å². The van der Waals surface area contributed by atoms with E-state index in [2.05, 4.69) is 5.32 Å². The Hall–Kier alpha value is -1.92. The number of nitrogens with two attached hydrogens (primary N) is 1. The van der Waals surface area contributed by atoms with Gasteiger partial charge in [0, 0.05) is 13.7 Å². The minimum Gasteiger partial charge on any atom is -0.382 e. The molecule has 96 valence electrons. The molecule has 1 saturated heterocycles. The van der Waals surface area contributed by atoms with Crippen LogP contribution in [0.3, 0.4) is 0 Å². The summed E-state index contributed by atoms with van der Waals surface area (Å²) < 4.78 is 4.89. The van der Waals surface area contributed by atoms with Crippen LogP contribution in [0.2, 0.25) is 0 Å². The quantitative estimate of drug-likeness (QED) is 0.747. The summed E-state index contributed by atoms with van der Waals surface area (Å²) in [7, 11) is 1.48. The summed E-state index contributed by atoms with van der Waals surface area (Å²) in [5.41, 5.74) is 6.97. The number of nitrogens with one attached hydrogen (secondary N) is 1. The van der Waals surface area contributed by atoms with Gasteiger partial charge in [0.05, 0.1) is 12.3 Å². The highest BCUT2D eigenvalue weighted by molar-refractivity contribution is 6.21. The number of urea groups is 1. The molecule has 18 heavy (non-hydrogen) atoms. The van der Waals surface area contributed by atoms with Gasteiger partial charge in [-0.2, -0.15) is 0 Å². The third-order valence-electron chi connectivity index (χ3n) is 2.78. The molecule has 1 aromatic carbocycles. The number of benzene rings is 1. The van der Waals surface area contributed by atoms with Crippen molar-refractivity contribution in [1.29, 1.82) is 0 Å². The van der Waals surface area contributed by atoms with Crippen LogP contribution in [0.25, 0.3) is 0 Å². The van der Waals surface area contributed by atoms with Crippen LogP contribution in [0.1, 0.15) is 5.56 Å². The molecule has 1 heterocycles. The Balaban J connectivity index is 2.21. The Morgan fingerprint density at radius 2 is 2.00 bits per heavy atom. The summed E-state index contributed by atoms with van der Waals surface area (Å²) in [6.07, 6.45) is 0. The summed E-state index contributed by atoms with van der Waals surface area (Å²) in [5, 5.41) is 2.57. The summed E-state index contributed by atoms with van der Waals surface area (Å²) in [4.78, 5) is 24.9. The molecule has 3 N–H and O–H groups in total. The monoisotopic (exact) mass is 249 g/mol. The molecule has 6 nitrogen and oxygen atoms in total. The number of imide groups is 1. The second-order valence-corrected chi connectivity index (χ2v) is 4.00. The number of anilines is 1. The summed E-state index contributed by atoms with van der Waals surface area (Å²) in [5.74, 6) is -0.303. The predicted octanol–water partition coefficient (Wildman–Crippen LogP) is 0.216. The standard InChI is InChI=1S/C12H15N3O3/c1-18-7-10-11(16)15(12(17)14-10)9-4-2-8(6-13)3-5-9/h2-5,10H,6-7,13H2,1H3,(H,14,17). The van der Waals surface area contributed by atoms with E-state index in [0.29, 0.717) is 12.2 Å². The molecule has 1 atom stereocenters. The van der Waals surface area contributed by atoms with E-state index in [1.807, 2.05) is 0 Å². The third kappa shape index (κ3) is 2.20. The molecule has 0 spiro atoms. The van der Waals surface area contributed by atoms with Gasteiger partial charge in [-0.1, -0.05) is 12.1 Å². The lowest BCUT2D eigenvalue weighted by molar-refractivity contribution is -0.119. The van der Waals surface area contributed by atoms with Crippen molar-refractivity contribution in [2.24, 2.45) is 5.73 Å². The van der Waals surface area contributed by atoms with E-state index in [1.54, 1.807) is 24.3 Å². The molecule has 1 aliphatic heterocycles. The molecule has 6 heteroatoms. The molecule has 1 aliphatic rings. The predicted molar refractivity (Wildman–Crippen MR) is 66.0 cm³/mol. The number of hydrogen-bond acceptors (Lipinski definition) is 4. The van der Waals surface area contributed by atoms with E-state index in [-0.39, 0.29) is 12.5 Å². The molecule has 1 aromatic rings. The lowest BCUT2D eigenvalue weighted by Crippen LogP contribution is -2.34. The van der Waals surface area contributed by atoms with Gasteiger partial charge in [-0.15, -0.1) is 0 Å². The first-order valence-electron chi connectivity index (χ1n) is 5.59. The number of amides is 3. The lowest BCUT2D eigenvalue weighted by Gasteiger charge is -2.13. The first-order valence-corrected chi connectivity index (χ1v) is 5.59. The zero-order valence-corrected chi connectivity index (χ0v) is 10.1. The average Bonchev–Trinajstić information content (AvgIpc) is 2.65. The topological polar surface area (TPSA) is 84.7 Å². The first-order chi connectivity index (χ1) is 8.67. The summed E-state index contributed by atoms with van der Waals surface area (Å²) >= 11 is 0. The van der Waals surface area contributed by atoms with Crippen LogP contribution < -0.4 is 16.0 Å². The second-order valence-electron chi connectivity index (χ2n) is 4.00. The Kier molecular flexibility index (Phi) is 3.59. The van der Waals surface area contributed by atoms with Crippen molar-refractivity contribution in [3.8, 4) is 0 Å². The molecule has 0 aromatic heterocycles. The molecular weight excluding hydrogens is 234 g/mol. The van der Waals surface area contributed by atoms with Gasteiger partial charge < -0.3 is 15.8 Å². The highest BCUT2D eigenvalue weighted by Gasteiger charge is 2.38. The van der Waals surface area contributed by atoms with Crippen LogP contribution in [0.5, 0.6) is 0 Å². The fourth-order valence-electron chi connectivity index (χ4n) is 1.84. The number of carbonyl (C=O) groups is 2. The normalized spacial score (nSPS) is 19.2. The Morgan fingerprint density at radius 3 is 2.56 bits per heavy atom. The Labute approximate surface area is 105 Å². The highest BCUT2D eigenvalue weighted by atomic mass is 16.5. The molecule has 0 saturated carbocycles. The van der Waals surface area contributed by atoms with Crippen LogP contribution in [0, 0.1) is 0 Å². The van der Waals surface area contributed by atoms with Gasteiger partial charge in [0.15, 0.2) is 0 Å². The van der Waals surface area contributed by atoms with Crippen molar-refractivity contribution in [2.75, 3.05) is 18.6 Å². The number of hydrogen-bond donors (Lipinski definition) is 2. The zero-order valence-electron chi connectivity index (χ0n) is 10.1. The number of carbonyl (C=O) groups excluding carboxylic acids is 2. The zero-order chi connectivity index (χ0) is 13.1. The molecule has 1 fully saturated rings. The van der Waals surface area contributed by atoms with Gasteiger partial charge >= 0.3 is 6.03 Å². The van der Waals surface area contributed by atoms with Gasteiger partial charge in [-0.25, -0.2) is 9.69 Å². The number of ether oxygens (including phenoxy) is 1. The van der Waals surface area contributed by atoms with Crippen LogP contribution in [-0.2, 0) is 16.1 Å². The van der Waals surface area contributed by atoms with Crippen molar-refractivity contribution in [1.82, 2.24) is 5.32 Å². The smallest absolute Gasteiger partial charge is 0.329 e. The summed E-state index contributed by atoms with van der Waals surface area (Å²) in [6, 6.07) is 5.95. The SMILES string of the molecule is COCC1NC(=O)N(c2ccc(CN)cc2)C1=O. The van der Waals surface area contributed by atoms with E-state index in [0.717, 1.165) is 10.5 Å². The van der Waals surface area contributed by atoms with Crippen molar-refractivity contribution >= 4 is 17.6 Å². The van der Waals surface area contributed by atoms with Gasteiger partial charge in [0.2, 0.25) is 0 Å². The molecule has 0 aliphatic carbocycles.